The zero-order chi connectivity index (χ0) is 14.0. The molecule has 2 atom stereocenters. The lowest BCUT2D eigenvalue weighted by Gasteiger charge is -2.23. The number of hydrogen-bond acceptors (Lipinski definition) is 3. The van der Waals surface area contributed by atoms with Crippen molar-refractivity contribution in [3.8, 4) is 0 Å². The van der Waals surface area contributed by atoms with Crippen molar-refractivity contribution in [2.75, 3.05) is 20.3 Å². The fraction of sp³-hybridized carbons (Fsp3) is 0.462. The Balaban J connectivity index is 2.23. The van der Waals surface area contributed by atoms with E-state index in [2.05, 4.69) is 15.9 Å². The monoisotopic (exact) mass is 347 g/mol. The van der Waals surface area contributed by atoms with Crippen LogP contribution in [-0.2, 0) is 4.74 Å². The highest BCUT2D eigenvalue weighted by Gasteiger charge is 2.35. The molecule has 0 radical (unpaired) electrons. The van der Waals surface area contributed by atoms with Crippen LogP contribution in [0.15, 0.2) is 22.7 Å². The van der Waals surface area contributed by atoms with Crippen molar-refractivity contribution in [2.45, 2.75) is 18.6 Å². The molecule has 0 aliphatic carbocycles. The van der Waals surface area contributed by atoms with E-state index in [1.54, 1.807) is 30.2 Å². The molecule has 1 amide bonds. The molecule has 19 heavy (non-hydrogen) atoms. The zero-order valence-electron chi connectivity index (χ0n) is 10.5. The second-order valence-electron chi connectivity index (χ2n) is 4.51. The minimum absolute atomic E-state index is 0.0211. The summed E-state index contributed by atoms with van der Waals surface area (Å²) >= 11 is 9.21. The van der Waals surface area contributed by atoms with Crippen LogP contribution in [0, 0.1) is 0 Å². The molecule has 104 valence electrons. The third-order valence-electron chi connectivity index (χ3n) is 3.34. The molecule has 0 bridgehead atoms. The molecule has 1 aromatic rings. The number of nitrogens with zero attached hydrogens (tertiary/aromatic N) is 1. The number of rotatable bonds is 3. The van der Waals surface area contributed by atoms with E-state index in [-0.39, 0.29) is 24.7 Å². The van der Waals surface area contributed by atoms with Gasteiger partial charge >= 0.3 is 0 Å². The Morgan fingerprint density at radius 3 is 2.95 bits per heavy atom. The maximum absolute atomic E-state index is 12.5. The van der Waals surface area contributed by atoms with Gasteiger partial charge in [0.15, 0.2) is 0 Å². The Bertz CT molecular complexity index is 483. The average molecular weight is 349 g/mol. The molecule has 6 heteroatoms. The van der Waals surface area contributed by atoms with Crippen LogP contribution in [0.4, 0.5) is 0 Å². The molecule has 1 heterocycles. The van der Waals surface area contributed by atoms with Gasteiger partial charge in [-0.25, -0.2) is 0 Å². The first-order valence-electron chi connectivity index (χ1n) is 5.96. The van der Waals surface area contributed by atoms with E-state index < -0.39 is 0 Å². The van der Waals surface area contributed by atoms with Gasteiger partial charge < -0.3 is 14.7 Å². The summed E-state index contributed by atoms with van der Waals surface area (Å²) in [6.07, 6.45) is 0.636. The molecule has 0 saturated carbocycles. The third-order valence-corrected chi connectivity index (χ3v) is 4.23. The number of halogens is 2. The van der Waals surface area contributed by atoms with Crippen LogP contribution >= 0.6 is 27.5 Å². The second kappa shape index (κ2) is 6.22. The highest BCUT2D eigenvalue weighted by Crippen LogP contribution is 2.27. The second-order valence-corrected chi connectivity index (χ2v) is 5.80. The number of carbonyl (C=O) groups is 1. The standard InChI is InChI=1S/C13H15BrClNO3/c1-19-10-5-9(7-17)16(6-10)13(18)11-3-2-8(15)4-12(11)14/h2-4,9-10,17H,5-7H2,1H3/t9-,10-/m0/s1. The lowest BCUT2D eigenvalue weighted by atomic mass is 10.1. The molecule has 2 rings (SSSR count). The molecule has 1 aliphatic heterocycles. The van der Waals surface area contributed by atoms with Gasteiger partial charge in [0.2, 0.25) is 0 Å². The minimum Gasteiger partial charge on any atom is -0.394 e. The van der Waals surface area contributed by atoms with Crippen LogP contribution in [0.3, 0.4) is 0 Å². The van der Waals surface area contributed by atoms with Gasteiger partial charge in [0.25, 0.3) is 5.91 Å². The van der Waals surface area contributed by atoms with E-state index in [9.17, 15) is 9.90 Å². The molecule has 1 saturated heterocycles. The normalized spacial score (nSPS) is 22.8. The van der Waals surface area contributed by atoms with Crippen LogP contribution in [0.5, 0.6) is 0 Å². The maximum Gasteiger partial charge on any atom is 0.255 e. The molecule has 0 unspecified atom stereocenters. The highest BCUT2D eigenvalue weighted by molar-refractivity contribution is 9.10. The summed E-state index contributed by atoms with van der Waals surface area (Å²) < 4.78 is 5.93. The molecular weight excluding hydrogens is 334 g/mol. The molecule has 1 N–H and O–H groups in total. The summed E-state index contributed by atoms with van der Waals surface area (Å²) in [6.45, 7) is 0.437. The number of ether oxygens (including phenoxy) is 1. The number of amides is 1. The Hall–Kier alpha value is -0.620. The number of hydrogen-bond donors (Lipinski definition) is 1. The maximum atomic E-state index is 12.5. The van der Waals surface area contributed by atoms with Gasteiger partial charge in [0.05, 0.1) is 24.3 Å². The number of benzene rings is 1. The Kier molecular flexibility index (Phi) is 4.84. The Morgan fingerprint density at radius 1 is 1.63 bits per heavy atom. The molecule has 1 aromatic carbocycles. The van der Waals surface area contributed by atoms with Crippen molar-refractivity contribution in [3.63, 3.8) is 0 Å². The van der Waals surface area contributed by atoms with Gasteiger partial charge in [0.1, 0.15) is 0 Å². The molecular formula is C13H15BrClNO3. The fourth-order valence-corrected chi connectivity index (χ4v) is 3.14. The van der Waals surface area contributed by atoms with Crippen LogP contribution < -0.4 is 0 Å². The van der Waals surface area contributed by atoms with E-state index in [1.807, 2.05) is 0 Å². The number of likely N-dealkylation sites (tertiary alicyclic amines) is 1. The van der Waals surface area contributed by atoms with E-state index >= 15 is 0 Å². The summed E-state index contributed by atoms with van der Waals surface area (Å²) in [5.74, 6) is -0.123. The summed E-state index contributed by atoms with van der Waals surface area (Å²) in [5.41, 5.74) is 0.541. The van der Waals surface area contributed by atoms with Gasteiger partial charge in [-0.2, -0.15) is 0 Å². The van der Waals surface area contributed by atoms with Crippen molar-refractivity contribution < 1.29 is 14.6 Å². The SMILES string of the molecule is CO[C@H]1C[C@@H](CO)N(C(=O)c2ccc(Cl)cc2Br)C1. The molecule has 4 nitrogen and oxygen atoms in total. The van der Waals surface area contributed by atoms with Crippen LogP contribution in [0.25, 0.3) is 0 Å². The molecule has 0 aromatic heterocycles. The van der Waals surface area contributed by atoms with E-state index in [4.69, 9.17) is 16.3 Å². The first kappa shape index (κ1) is 14.8. The van der Waals surface area contributed by atoms with E-state index in [0.717, 1.165) is 0 Å². The van der Waals surface area contributed by atoms with Crippen molar-refractivity contribution >= 4 is 33.4 Å². The number of aliphatic hydroxyl groups is 1. The fourth-order valence-electron chi connectivity index (χ4n) is 2.28. The van der Waals surface area contributed by atoms with Crippen LogP contribution in [-0.4, -0.2) is 48.3 Å². The predicted octanol–water partition coefficient (Wildman–Crippen LogP) is 2.32. The average Bonchev–Trinajstić information content (AvgIpc) is 2.81. The zero-order valence-corrected chi connectivity index (χ0v) is 12.8. The molecule has 1 aliphatic rings. The predicted molar refractivity (Wildman–Crippen MR) is 76.5 cm³/mol. The van der Waals surface area contributed by atoms with Gasteiger partial charge in [-0.1, -0.05) is 11.6 Å². The summed E-state index contributed by atoms with van der Waals surface area (Å²) in [4.78, 5) is 14.2. The highest BCUT2D eigenvalue weighted by atomic mass is 79.9. The van der Waals surface area contributed by atoms with Crippen LogP contribution in [0.2, 0.25) is 5.02 Å². The minimum atomic E-state index is -0.194. The Labute approximate surface area is 125 Å². The van der Waals surface area contributed by atoms with Gasteiger partial charge in [-0.15, -0.1) is 0 Å². The largest absolute Gasteiger partial charge is 0.394 e. The number of aliphatic hydroxyl groups excluding tert-OH is 1. The van der Waals surface area contributed by atoms with Crippen molar-refractivity contribution in [3.05, 3.63) is 33.3 Å². The topological polar surface area (TPSA) is 49.8 Å². The number of methoxy groups -OCH3 is 1. The summed E-state index contributed by atoms with van der Waals surface area (Å²) in [7, 11) is 1.62. The lowest BCUT2D eigenvalue weighted by molar-refractivity contribution is 0.0647. The molecule has 0 spiro atoms. The van der Waals surface area contributed by atoms with E-state index in [1.165, 1.54) is 0 Å². The van der Waals surface area contributed by atoms with Crippen molar-refractivity contribution in [2.24, 2.45) is 0 Å². The number of carbonyl (C=O) groups excluding carboxylic acids is 1. The Morgan fingerprint density at radius 2 is 2.37 bits per heavy atom. The summed E-state index contributed by atoms with van der Waals surface area (Å²) in [6, 6.07) is 4.85. The summed E-state index contributed by atoms with van der Waals surface area (Å²) in [5, 5.41) is 9.94. The quantitative estimate of drug-likeness (QED) is 0.912. The molecule has 1 fully saturated rings. The lowest BCUT2D eigenvalue weighted by Crippen LogP contribution is -2.38. The smallest absolute Gasteiger partial charge is 0.255 e. The third kappa shape index (κ3) is 3.11. The van der Waals surface area contributed by atoms with E-state index in [0.29, 0.717) is 28.0 Å². The van der Waals surface area contributed by atoms with Gasteiger partial charge in [-0.3, -0.25) is 4.79 Å². The van der Waals surface area contributed by atoms with Crippen molar-refractivity contribution in [1.29, 1.82) is 0 Å². The van der Waals surface area contributed by atoms with Crippen LogP contribution in [0.1, 0.15) is 16.8 Å². The van der Waals surface area contributed by atoms with Crippen molar-refractivity contribution in [1.82, 2.24) is 4.90 Å². The first-order valence-corrected chi connectivity index (χ1v) is 7.13. The first-order chi connectivity index (χ1) is 9.06. The van der Waals surface area contributed by atoms with Gasteiger partial charge in [0, 0.05) is 23.1 Å². The van der Waals surface area contributed by atoms with Gasteiger partial charge in [-0.05, 0) is 40.5 Å².